The van der Waals surface area contributed by atoms with Crippen LogP contribution >= 0.6 is 0 Å². The van der Waals surface area contributed by atoms with Crippen molar-refractivity contribution in [3.63, 3.8) is 0 Å². The molecule has 0 aromatic heterocycles. The van der Waals surface area contributed by atoms with Crippen molar-refractivity contribution < 1.29 is 18.3 Å². The van der Waals surface area contributed by atoms with Gasteiger partial charge < -0.3 is 14.2 Å². The van der Waals surface area contributed by atoms with Crippen molar-refractivity contribution in [2.45, 2.75) is 33.7 Å². The summed E-state index contributed by atoms with van der Waals surface area (Å²) in [6, 6.07) is 0.765. The van der Waals surface area contributed by atoms with Gasteiger partial charge in [-0.15, -0.1) is 0 Å². The van der Waals surface area contributed by atoms with Crippen LogP contribution in [0.25, 0.3) is 0 Å². The summed E-state index contributed by atoms with van der Waals surface area (Å²) in [7, 11) is -1.18. The highest BCUT2D eigenvalue weighted by atomic mass is 28.4. The fourth-order valence-corrected chi connectivity index (χ4v) is 4.13. The smallest absolute Gasteiger partial charge is 0.372 e. The summed E-state index contributed by atoms with van der Waals surface area (Å²) in [5.74, 6) is 0.447. The second-order valence-corrected chi connectivity index (χ2v) is 6.68. The van der Waals surface area contributed by atoms with Crippen molar-refractivity contribution >= 4 is 8.80 Å². The molecule has 0 bridgehead atoms. The van der Waals surface area contributed by atoms with Crippen molar-refractivity contribution in [3.8, 4) is 0 Å². The molecule has 17 heavy (non-hydrogen) atoms. The van der Waals surface area contributed by atoms with Crippen LogP contribution in [0.3, 0.4) is 0 Å². The zero-order valence-corrected chi connectivity index (χ0v) is 12.7. The maximum atomic E-state index is 5.83. The van der Waals surface area contributed by atoms with Gasteiger partial charge in [-0.2, -0.15) is 0 Å². The molecule has 0 aromatic carbocycles. The molecule has 0 amide bonds. The normalized spacial score (nSPS) is 15.2. The zero-order valence-electron chi connectivity index (χ0n) is 11.7. The third-order valence-electron chi connectivity index (χ3n) is 2.08. The van der Waals surface area contributed by atoms with E-state index < -0.39 is 8.80 Å². The Morgan fingerprint density at radius 3 is 2.35 bits per heavy atom. The first-order valence-corrected chi connectivity index (χ1v) is 8.23. The second kappa shape index (κ2) is 9.99. The first kappa shape index (κ1) is 17.0. The molecule has 5 nitrogen and oxygen atoms in total. The SMILES string of the molecule is CCNCCO[Si](CC(C)C)(OCC)OOC. The molecule has 104 valence electrons. The van der Waals surface area contributed by atoms with E-state index in [1.54, 1.807) is 0 Å². The Hall–Kier alpha value is 0.0169. The van der Waals surface area contributed by atoms with Gasteiger partial charge in [0.15, 0.2) is 0 Å². The third kappa shape index (κ3) is 7.85. The summed E-state index contributed by atoms with van der Waals surface area (Å²) in [6.07, 6.45) is 0. The monoisotopic (exact) mass is 265 g/mol. The van der Waals surface area contributed by atoms with Crippen LogP contribution in [0.2, 0.25) is 6.04 Å². The van der Waals surface area contributed by atoms with Gasteiger partial charge in [-0.1, -0.05) is 20.8 Å². The summed E-state index contributed by atoms with van der Waals surface area (Å²) in [6.45, 7) is 11.1. The quantitative estimate of drug-likeness (QED) is 0.267. The summed E-state index contributed by atoms with van der Waals surface area (Å²) < 4.78 is 16.9. The minimum absolute atomic E-state index is 0.447. The number of hydrogen-bond acceptors (Lipinski definition) is 5. The predicted molar refractivity (Wildman–Crippen MR) is 69.6 cm³/mol. The van der Waals surface area contributed by atoms with Crippen LogP contribution in [0.4, 0.5) is 0 Å². The molecule has 0 aliphatic carbocycles. The van der Waals surface area contributed by atoms with Crippen LogP contribution in [0, 0.1) is 5.92 Å². The first-order valence-electron chi connectivity index (χ1n) is 6.30. The largest absolute Gasteiger partial charge is 0.530 e. The van der Waals surface area contributed by atoms with Crippen LogP contribution in [-0.4, -0.2) is 42.2 Å². The molecule has 0 heterocycles. The fraction of sp³-hybridized carbons (Fsp3) is 1.00. The van der Waals surface area contributed by atoms with Crippen LogP contribution in [-0.2, 0) is 18.3 Å². The highest BCUT2D eigenvalue weighted by molar-refractivity contribution is 6.60. The Morgan fingerprint density at radius 1 is 1.18 bits per heavy atom. The van der Waals surface area contributed by atoms with Crippen molar-refractivity contribution in [2.75, 3.05) is 33.4 Å². The molecule has 1 N–H and O–H groups in total. The molecule has 0 saturated carbocycles. The zero-order chi connectivity index (χ0) is 13.1. The Kier molecular flexibility index (Phi) is 10.00. The van der Waals surface area contributed by atoms with Gasteiger partial charge in [-0.05, 0) is 19.4 Å². The summed E-state index contributed by atoms with van der Waals surface area (Å²) >= 11 is 0. The van der Waals surface area contributed by atoms with Gasteiger partial charge in [0, 0.05) is 19.2 Å². The van der Waals surface area contributed by atoms with E-state index in [-0.39, 0.29) is 0 Å². The maximum absolute atomic E-state index is 5.83. The number of hydrogen-bond donors (Lipinski definition) is 1. The van der Waals surface area contributed by atoms with Crippen LogP contribution < -0.4 is 5.32 Å². The van der Waals surface area contributed by atoms with Crippen LogP contribution in [0.15, 0.2) is 0 Å². The third-order valence-corrected chi connectivity index (χ3v) is 5.19. The number of likely N-dealkylation sites (N-methyl/N-ethyl adjacent to an activating group) is 1. The molecule has 0 fully saturated rings. The van der Waals surface area contributed by atoms with Gasteiger partial charge >= 0.3 is 8.80 Å². The molecule has 0 saturated heterocycles. The first-order chi connectivity index (χ1) is 8.10. The van der Waals surface area contributed by atoms with E-state index >= 15 is 0 Å². The Balaban J connectivity index is 4.31. The molecule has 0 spiro atoms. The molecule has 6 heteroatoms. The second-order valence-electron chi connectivity index (χ2n) is 4.17. The van der Waals surface area contributed by atoms with Crippen molar-refractivity contribution in [1.29, 1.82) is 0 Å². The molecule has 1 unspecified atom stereocenters. The number of rotatable bonds is 11. The van der Waals surface area contributed by atoms with Gasteiger partial charge in [-0.3, -0.25) is 0 Å². The van der Waals surface area contributed by atoms with Crippen molar-refractivity contribution in [1.82, 2.24) is 5.32 Å². The molecular weight excluding hydrogens is 238 g/mol. The topological polar surface area (TPSA) is 49.0 Å². The molecule has 0 rings (SSSR count). The standard InChI is InChI=1S/C11H27NO4Si/c1-6-12-8-9-15-17(14-7-2,16-13-5)10-11(3)4/h11-12H,6-10H2,1-5H3. The minimum atomic E-state index is -2.67. The van der Waals surface area contributed by atoms with E-state index in [2.05, 4.69) is 26.1 Å². The molecule has 0 aliphatic rings. The van der Waals surface area contributed by atoms with E-state index in [1.807, 2.05) is 6.92 Å². The average Bonchev–Trinajstić information content (AvgIpc) is 2.24. The highest BCUT2D eigenvalue weighted by Gasteiger charge is 2.43. The Morgan fingerprint density at radius 2 is 1.88 bits per heavy atom. The lowest BCUT2D eigenvalue weighted by atomic mass is 10.3. The summed E-state index contributed by atoms with van der Waals surface area (Å²) in [5.41, 5.74) is 0. The van der Waals surface area contributed by atoms with Gasteiger partial charge in [0.1, 0.15) is 0 Å². The molecule has 1 atom stereocenters. The van der Waals surface area contributed by atoms with Gasteiger partial charge in [0.25, 0.3) is 0 Å². The molecule has 0 aliphatic heterocycles. The summed E-state index contributed by atoms with van der Waals surface area (Å²) in [4.78, 5) is 4.81. The van der Waals surface area contributed by atoms with E-state index in [9.17, 15) is 0 Å². The van der Waals surface area contributed by atoms with Gasteiger partial charge in [0.2, 0.25) is 0 Å². The fourth-order valence-electron chi connectivity index (χ4n) is 1.54. The maximum Gasteiger partial charge on any atom is 0.530 e. The Labute approximate surface area is 106 Å². The van der Waals surface area contributed by atoms with Crippen LogP contribution in [0.5, 0.6) is 0 Å². The average molecular weight is 265 g/mol. The van der Waals surface area contributed by atoms with Crippen molar-refractivity contribution in [3.05, 3.63) is 0 Å². The van der Waals surface area contributed by atoms with Crippen molar-refractivity contribution in [2.24, 2.45) is 5.92 Å². The predicted octanol–water partition coefficient (Wildman–Crippen LogP) is 1.82. The highest BCUT2D eigenvalue weighted by Crippen LogP contribution is 2.21. The van der Waals surface area contributed by atoms with Crippen LogP contribution in [0.1, 0.15) is 27.7 Å². The van der Waals surface area contributed by atoms with E-state index in [1.165, 1.54) is 7.11 Å². The summed E-state index contributed by atoms with van der Waals surface area (Å²) in [5, 5.41) is 3.20. The number of nitrogens with one attached hydrogen (secondary N) is 1. The lowest BCUT2D eigenvalue weighted by molar-refractivity contribution is -0.229. The van der Waals surface area contributed by atoms with E-state index in [4.69, 9.17) is 18.3 Å². The molecule has 0 aromatic rings. The van der Waals surface area contributed by atoms with E-state index in [0.29, 0.717) is 19.1 Å². The minimum Gasteiger partial charge on any atom is -0.372 e. The lowest BCUT2D eigenvalue weighted by Gasteiger charge is -2.28. The van der Waals surface area contributed by atoms with E-state index in [0.717, 1.165) is 19.1 Å². The molecular formula is C11H27NO4Si. The molecule has 0 radical (unpaired) electrons. The van der Waals surface area contributed by atoms with Gasteiger partial charge in [-0.25, -0.2) is 9.46 Å². The Bertz CT molecular complexity index is 175. The van der Waals surface area contributed by atoms with Gasteiger partial charge in [0.05, 0.1) is 13.7 Å². The lowest BCUT2D eigenvalue weighted by Crippen LogP contribution is -2.47.